The summed E-state index contributed by atoms with van der Waals surface area (Å²) in [5.41, 5.74) is 2.84. The van der Waals surface area contributed by atoms with Gasteiger partial charge in [-0.3, -0.25) is 0 Å². The van der Waals surface area contributed by atoms with E-state index in [9.17, 15) is 9.90 Å². The molecule has 1 heterocycles. The standard InChI is InChI=1S/C15H18O3/c1-8-5-13-14(9(2)15(17)18-13)12-6-10(7-16)3-4-11(8)12/h6,11-14,16H,1-5,7H2/t11-,12-,13+,14-/m0/s1. The maximum absolute atomic E-state index is 11.7. The van der Waals surface area contributed by atoms with Crippen LogP contribution < -0.4 is 0 Å². The summed E-state index contributed by atoms with van der Waals surface area (Å²) in [5, 5.41) is 9.29. The van der Waals surface area contributed by atoms with Crippen molar-refractivity contribution in [3.63, 3.8) is 0 Å². The number of hydrogen-bond donors (Lipinski definition) is 1. The molecule has 0 unspecified atom stereocenters. The summed E-state index contributed by atoms with van der Waals surface area (Å²) in [6, 6.07) is 0. The molecule has 0 radical (unpaired) electrons. The van der Waals surface area contributed by atoms with E-state index < -0.39 is 0 Å². The largest absolute Gasteiger partial charge is 0.458 e. The van der Waals surface area contributed by atoms with Crippen LogP contribution in [0.5, 0.6) is 0 Å². The van der Waals surface area contributed by atoms with E-state index in [4.69, 9.17) is 4.74 Å². The van der Waals surface area contributed by atoms with E-state index in [0.29, 0.717) is 11.5 Å². The Kier molecular flexibility index (Phi) is 2.67. The molecule has 2 aliphatic carbocycles. The number of aliphatic hydroxyl groups is 1. The average Bonchev–Trinajstić information content (AvgIpc) is 2.64. The van der Waals surface area contributed by atoms with Crippen molar-refractivity contribution in [2.75, 3.05) is 6.61 Å². The molecule has 96 valence electrons. The van der Waals surface area contributed by atoms with Crippen LogP contribution in [0.25, 0.3) is 0 Å². The number of carbonyl (C=O) groups is 1. The van der Waals surface area contributed by atoms with E-state index in [2.05, 4.69) is 19.2 Å². The quantitative estimate of drug-likeness (QED) is 0.437. The van der Waals surface area contributed by atoms with Crippen molar-refractivity contribution >= 4 is 5.97 Å². The van der Waals surface area contributed by atoms with E-state index in [-0.39, 0.29) is 30.5 Å². The number of carbonyl (C=O) groups excluding carboxylic acids is 1. The Morgan fingerprint density at radius 1 is 1.44 bits per heavy atom. The van der Waals surface area contributed by atoms with E-state index in [1.54, 1.807) is 0 Å². The second-order valence-electron chi connectivity index (χ2n) is 5.56. The molecule has 3 heteroatoms. The Balaban J connectivity index is 1.99. The molecule has 4 atom stereocenters. The monoisotopic (exact) mass is 246 g/mol. The van der Waals surface area contributed by atoms with Gasteiger partial charge < -0.3 is 9.84 Å². The molecule has 3 aliphatic rings. The fourth-order valence-electron chi connectivity index (χ4n) is 3.67. The number of esters is 1. The van der Waals surface area contributed by atoms with Gasteiger partial charge in [-0.25, -0.2) is 4.79 Å². The molecule has 0 aromatic rings. The highest BCUT2D eigenvalue weighted by Gasteiger charge is 2.50. The maximum Gasteiger partial charge on any atom is 0.334 e. The first kappa shape index (κ1) is 11.7. The predicted octanol–water partition coefficient (Wildman–Crippen LogP) is 1.99. The van der Waals surface area contributed by atoms with Crippen LogP contribution in [0.3, 0.4) is 0 Å². The molecule has 0 aromatic heterocycles. The minimum absolute atomic E-state index is 0.0786. The Morgan fingerprint density at radius 2 is 2.22 bits per heavy atom. The SMILES string of the molecule is C=C1C(=O)O[C@@H]2CC(=C)[C@@H]3CCC(CO)=C[C@@H]3[C@H]12. The second kappa shape index (κ2) is 4.09. The van der Waals surface area contributed by atoms with Gasteiger partial charge in [0.05, 0.1) is 6.61 Å². The molecule has 3 rings (SSSR count). The summed E-state index contributed by atoms with van der Waals surface area (Å²) in [6.45, 7) is 8.14. The van der Waals surface area contributed by atoms with Crippen molar-refractivity contribution in [3.8, 4) is 0 Å². The second-order valence-corrected chi connectivity index (χ2v) is 5.56. The lowest BCUT2D eigenvalue weighted by Crippen LogP contribution is -2.38. The lowest BCUT2D eigenvalue weighted by atomic mass is 9.63. The molecule has 1 aliphatic heterocycles. The third-order valence-electron chi connectivity index (χ3n) is 4.60. The van der Waals surface area contributed by atoms with Gasteiger partial charge in [0.15, 0.2) is 0 Å². The topological polar surface area (TPSA) is 46.5 Å². The molecule has 0 aromatic carbocycles. The van der Waals surface area contributed by atoms with Crippen LogP contribution in [0.2, 0.25) is 0 Å². The number of fused-ring (bicyclic) bond motifs is 3. The van der Waals surface area contributed by atoms with Crippen LogP contribution in [0.1, 0.15) is 19.3 Å². The zero-order valence-corrected chi connectivity index (χ0v) is 10.4. The van der Waals surface area contributed by atoms with Gasteiger partial charge >= 0.3 is 5.97 Å². The maximum atomic E-state index is 11.7. The number of hydrogen-bond acceptors (Lipinski definition) is 3. The predicted molar refractivity (Wildman–Crippen MR) is 67.6 cm³/mol. The zero-order chi connectivity index (χ0) is 12.9. The van der Waals surface area contributed by atoms with E-state index in [1.807, 2.05) is 0 Å². The van der Waals surface area contributed by atoms with Crippen molar-refractivity contribution in [1.29, 1.82) is 0 Å². The summed E-state index contributed by atoms with van der Waals surface area (Å²) in [5.74, 6) is 0.455. The lowest BCUT2D eigenvalue weighted by Gasteiger charge is -2.41. The summed E-state index contributed by atoms with van der Waals surface area (Å²) in [4.78, 5) is 11.7. The van der Waals surface area contributed by atoms with E-state index in [0.717, 1.165) is 24.8 Å². The van der Waals surface area contributed by atoms with Crippen molar-refractivity contribution in [3.05, 3.63) is 36.0 Å². The summed E-state index contributed by atoms with van der Waals surface area (Å²) in [7, 11) is 0. The first-order chi connectivity index (χ1) is 8.61. The molecular formula is C15H18O3. The molecule has 3 nitrogen and oxygen atoms in total. The van der Waals surface area contributed by atoms with Gasteiger partial charge in [0.1, 0.15) is 6.10 Å². The molecule has 1 saturated heterocycles. The molecule has 1 saturated carbocycles. The number of aliphatic hydroxyl groups excluding tert-OH is 1. The smallest absolute Gasteiger partial charge is 0.334 e. The van der Waals surface area contributed by atoms with E-state index in [1.165, 1.54) is 5.57 Å². The number of allylic oxidation sites excluding steroid dienone is 1. The molecule has 2 fully saturated rings. The molecule has 0 bridgehead atoms. The first-order valence-corrected chi connectivity index (χ1v) is 6.49. The van der Waals surface area contributed by atoms with Crippen LogP contribution in [0.15, 0.2) is 36.0 Å². The lowest BCUT2D eigenvalue weighted by molar-refractivity contribution is -0.139. The minimum atomic E-state index is -0.261. The number of rotatable bonds is 1. The van der Waals surface area contributed by atoms with Gasteiger partial charge in [-0.15, -0.1) is 0 Å². The summed E-state index contributed by atoms with van der Waals surface area (Å²) >= 11 is 0. The van der Waals surface area contributed by atoms with E-state index >= 15 is 0 Å². The zero-order valence-electron chi connectivity index (χ0n) is 10.4. The Hall–Kier alpha value is -1.35. The highest BCUT2D eigenvalue weighted by molar-refractivity contribution is 5.91. The third-order valence-corrected chi connectivity index (χ3v) is 4.60. The average molecular weight is 246 g/mol. The molecular weight excluding hydrogens is 228 g/mol. The van der Waals surface area contributed by atoms with Crippen LogP contribution in [-0.2, 0) is 9.53 Å². The summed E-state index contributed by atoms with van der Waals surface area (Å²) in [6.07, 6.45) is 4.74. The normalized spacial score (nSPS) is 38.9. The van der Waals surface area contributed by atoms with Gasteiger partial charge in [-0.1, -0.05) is 24.8 Å². The molecule has 0 amide bonds. The molecule has 18 heavy (non-hydrogen) atoms. The minimum Gasteiger partial charge on any atom is -0.458 e. The first-order valence-electron chi connectivity index (χ1n) is 6.49. The van der Waals surface area contributed by atoms with Crippen molar-refractivity contribution < 1.29 is 14.6 Å². The molecule has 0 spiro atoms. The van der Waals surface area contributed by atoms with Gasteiger partial charge in [-0.2, -0.15) is 0 Å². The Labute approximate surface area is 107 Å². The molecule has 1 N–H and O–H groups in total. The van der Waals surface area contributed by atoms with Gasteiger partial charge in [0.25, 0.3) is 0 Å². The Bertz CT molecular complexity index is 460. The van der Waals surface area contributed by atoms with Crippen LogP contribution in [0, 0.1) is 17.8 Å². The highest BCUT2D eigenvalue weighted by Crippen LogP contribution is 2.50. The van der Waals surface area contributed by atoms with Gasteiger partial charge in [-0.05, 0) is 30.3 Å². The van der Waals surface area contributed by atoms with Gasteiger partial charge in [0, 0.05) is 17.9 Å². The third kappa shape index (κ3) is 1.57. The Morgan fingerprint density at radius 3 is 2.94 bits per heavy atom. The van der Waals surface area contributed by atoms with Crippen molar-refractivity contribution in [1.82, 2.24) is 0 Å². The van der Waals surface area contributed by atoms with Crippen LogP contribution in [0.4, 0.5) is 0 Å². The van der Waals surface area contributed by atoms with Crippen molar-refractivity contribution in [2.24, 2.45) is 17.8 Å². The van der Waals surface area contributed by atoms with Crippen LogP contribution >= 0.6 is 0 Å². The summed E-state index contributed by atoms with van der Waals surface area (Å²) < 4.78 is 5.37. The van der Waals surface area contributed by atoms with Gasteiger partial charge in [0.2, 0.25) is 0 Å². The fourth-order valence-corrected chi connectivity index (χ4v) is 3.67. The fraction of sp³-hybridized carbons (Fsp3) is 0.533. The highest BCUT2D eigenvalue weighted by atomic mass is 16.6. The number of ether oxygens (including phenoxy) is 1. The van der Waals surface area contributed by atoms with Crippen LogP contribution in [-0.4, -0.2) is 23.8 Å². The van der Waals surface area contributed by atoms with Crippen molar-refractivity contribution in [2.45, 2.75) is 25.4 Å².